The zero-order valence-corrected chi connectivity index (χ0v) is 17.6. The SMILES string of the molecule is COc1ccc(CCn2nnnc2[C@@H](C(C)C)N2CCN(C)CC2)cc1OC. The number of aryl methyl sites for hydroxylation is 2. The molecule has 1 atom stereocenters. The van der Waals surface area contributed by atoms with Gasteiger partial charge in [0.2, 0.25) is 0 Å². The van der Waals surface area contributed by atoms with E-state index in [4.69, 9.17) is 9.47 Å². The molecule has 0 saturated carbocycles. The first-order chi connectivity index (χ1) is 13.5. The molecule has 8 nitrogen and oxygen atoms in total. The molecule has 1 aromatic heterocycles. The maximum atomic E-state index is 5.41. The highest BCUT2D eigenvalue weighted by Gasteiger charge is 2.30. The minimum Gasteiger partial charge on any atom is -0.493 e. The predicted molar refractivity (Wildman–Crippen MR) is 108 cm³/mol. The minimum absolute atomic E-state index is 0.231. The van der Waals surface area contributed by atoms with Crippen LogP contribution in [0.15, 0.2) is 18.2 Å². The average molecular weight is 389 g/mol. The van der Waals surface area contributed by atoms with Gasteiger partial charge in [-0.25, -0.2) is 4.68 Å². The molecule has 1 saturated heterocycles. The molecular weight excluding hydrogens is 356 g/mol. The fourth-order valence-electron chi connectivity index (χ4n) is 3.84. The van der Waals surface area contributed by atoms with Crippen molar-refractivity contribution in [1.29, 1.82) is 0 Å². The van der Waals surface area contributed by atoms with E-state index in [1.807, 2.05) is 16.8 Å². The third-order valence-electron chi connectivity index (χ3n) is 5.45. The van der Waals surface area contributed by atoms with Crippen LogP contribution < -0.4 is 9.47 Å². The van der Waals surface area contributed by atoms with Crippen LogP contribution in [-0.2, 0) is 13.0 Å². The summed E-state index contributed by atoms with van der Waals surface area (Å²) < 4.78 is 12.7. The third kappa shape index (κ3) is 4.62. The number of methoxy groups -OCH3 is 2. The van der Waals surface area contributed by atoms with Crippen molar-refractivity contribution < 1.29 is 9.47 Å². The number of benzene rings is 1. The van der Waals surface area contributed by atoms with E-state index in [1.165, 1.54) is 5.56 Å². The first-order valence-electron chi connectivity index (χ1n) is 9.93. The molecule has 0 bridgehead atoms. The highest BCUT2D eigenvalue weighted by Crippen LogP contribution is 2.29. The molecule has 0 amide bonds. The molecule has 0 radical (unpaired) electrons. The van der Waals surface area contributed by atoms with Gasteiger partial charge in [-0.1, -0.05) is 19.9 Å². The standard InChI is InChI=1S/C20H32N6O2/c1-15(2)19(25-12-10-24(3)11-13-25)20-21-22-23-26(20)9-8-16-6-7-17(27-4)18(14-16)28-5/h6-7,14-15,19H,8-13H2,1-5H3/t19-/m1/s1. The Hall–Kier alpha value is -2.19. The van der Waals surface area contributed by atoms with Crippen molar-refractivity contribution in [3.63, 3.8) is 0 Å². The molecule has 1 fully saturated rings. The molecule has 2 aromatic rings. The molecule has 0 N–H and O–H groups in total. The maximum absolute atomic E-state index is 5.41. The number of piperazine rings is 1. The Morgan fingerprint density at radius 1 is 1.04 bits per heavy atom. The van der Waals surface area contributed by atoms with Crippen LogP contribution in [0, 0.1) is 5.92 Å². The number of nitrogens with zero attached hydrogens (tertiary/aromatic N) is 6. The van der Waals surface area contributed by atoms with E-state index >= 15 is 0 Å². The van der Waals surface area contributed by atoms with Crippen molar-refractivity contribution in [2.45, 2.75) is 32.9 Å². The summed E-state index contributed by atoms with van der Waals surface area (Å²) in [6, 6.07) is 6.25. The topological polar surface area (TPSA) is 68.5 Å². The molecule has 1 aromatic carbocycles. The highest BCUT2D eigenvalue weighted by atomic mass is 16.5. The van der Waals surface area contributed by atoms with Gasteiger partial charge >= 0.3 is 0 Å². The van der Waals surface area contributed by atoms with Crippen LogP contribution in [0.2, 0.25) is 0 Å². The summed E-state index contributed by atoms with van der Waals surface area (Å²) in [5, 5.41) is 12.7. The second-order valence-electron chi connectivity index (χ2n) is 7.73. The van der Waals surface area contributed by atoms with E-state index in [0.717, 1.165) is 56.5 Å². The van der Waals surface area contributed by atoms with E-state index in [-0.39, 0.29) is 6.04 Å². The van der Waals surface area contributed by atoms with Gasteiger partial charge in [0.05, 0.1) is 20.3 Å². The summed E-state index contributed by atoms with van der Waals surface area (Å²) in [5.74, 6) is 2.88. The van der Waals surface area contributed by atoms with Crippen molar-refractivity contribution in [2.24, 2.45) is 5.92 Å². The van der Waals surface area contributed by atoms with Gasteiger partial charge in [-0.2, -0.15) is 0 Å². The van der Waals surface area contributed by atoms with Gasteiger partial charge in [-0.3, -0.25) is 4.90 Å². The number of aromatic nitrogens is 4. The Morgan fingerprint density at radius 2 is 1.75 bits per heavy atom. The molecule has 2 heterocycles. The Kier molecular flexibility index (Phi) is 6.85. The van der Waals surface area contributed by atoms with E-state index in [1.54, 1.807) is 14.2 Å². The van der Waals surface area contributed by atoms with Crippen molar-refractivity contribution in [3.05, 3.63) is 29.6 Å². The summed E-state index contributed by atoms with van der Waals surface area (Å²) >= 11 is 0. The largest absolute Gasteiger partial charge is 0.493 e. The molecule has 1 aliphatic rings. The van der Waals surface area contributed by atoms with Gasteiger partial charge in [0.1, 0.15) is 0 Å². The normalized spacial score (nSPS) is 17.1. The zero-order chi connectivity index (χ0) is 20.1. The maximum Gasteiger partial charge on any atom is 0.168 e. The van der Waals surface area contributed by atoms with Gasteiger partial charge in [0, 0.05) is 32.7 Å². The molecule has 3 rings (SSSR count). The Bertz CT molecular complexity index is 755. The van der Waals surface area contributed by atoms with Gasteiger partial charge in [0.25, 0.3) is 0 Å². The molecule has 1 aliphatic heterocycles. The van der Waals surface area contributed by atoms with E-state index < -0.39 is 0 Å². The number of tetrazole rings is 1. The lowest BCUT2D eigenvalue weighted by atomic mass is 10.0. The molecule has 28 heavy (non-hydrogen) atoms. The van der Waals surface area contributed by atoms with Crippen LogP contribution in [0.5, 0.6) is 11.5 Å². The smallest absolute Gasteiger partial charge is 0.168 e. The Morgan fingerprint density at radius 3 is 2.39 bits per heavy atom. The van der Waals surface area contributed by atoms with Gasteiger partial charge in [-0.15, -0.1) is 5.10 Å². The summed E-state index contributed by atoms with van der Waals surface area (Å²) in [4.78, 5) is 4.89. The monoisotopic (exact) mass is 388 g/mol. The van der Waals surface area contributed by atoms with E-state index in [2.05, 4.69) is 52.3 Å². The zero-order valence-electron chi connectivity index (χ0n) is 17.6. The molecule has 0 spiro atoms. The predicted octanol–water partition coefficient (Wildman–Crippen LogP) is 1.88. The van der Waals surface area contributed by atoms with Crippen LogP contribution in [0.3, 0.4) is 0 Å². The summed E-state index contributed by atoms with van der Waals surface area (Å²) in [5.41, 5.74) is 1.17. The fourth-order valence-corrected chi connectivity index (χ4v) is 3.84. The van der Waals surface area contributed by atoms with E-state index in [9.17, 15) is 0 Å². The lowest BCUT2D eigenvalue weighted by molar-refractivity contribution is 0.0809. The van der Waals surface area contributed by atoms with E-state index in [0.29, 0.717) is 5.92 Å². The quantitative estimate of drug-likeness (QED) is 0.684. The molecule has 0 aliphatic carbocycles. The second-order valence-corrected chi connectivity index (χ2v) is 7.73. The van der Waals surface area contributed by atoms with Crippen molar-refractivity contribution in [3.8, 4) is 11.5 Å². The number of ether oxygens (including phenoxy) is 2. The summed E-state index contributed by atoms with van der Waals surface area (Å²) in [6.07, 6.45) is 0.825. The first-order valence-corrected chi connectivity index (χ1v) is 9.93. The lowest BCUT2D eigenvalue weighted by Crippen LogP contribution is -2.47. The first kappa shape index (κ1) is 20.5. The highest BCUT2D eigenvalue weighted by molar-refractivity contribution is 5.42. The molecule has 8 heteroatoms. The number of likely N-dealkylation sites (N-methyl/N-ethyl adjacent to an activating group) is 1. The van der Waals surface area contributed by atoms with Crippen molar-refractivity contribution in [2.75, 3.05) is 47.4 Å². The number of hydrogen-bond donors (Lipinski definition) is 0. The summed E-state index contributed by atoms with van der Waals surface area (Å²) in [6.45, 7) is 9.47. The fraction of sp³-hybridized carbons (Fsp3) is 0.650. The Balaban J connectivity index is 1.73. The van der Waals surface area contributed by atoms with Crippen molar-refractivity contribution in [1.82, 2.24) is 30.0 Å². The Labute approximate surface area is 167 Å². The second kappa shape index (κ2) is 9.34. The summed E-state index contributed by atoms with van der Waals surface area (Å²) in [7, 11) is 5.48. The molecular formula is C20H32N6O2. The van der Waals surface area contributed by atoms with Crippen LogP contribution in [0.4, 0.5) is 0 Å². The van der Waals surface area contributed by atoms with Crippen LogP contribution in [0.1, 0.15) is 31.3 Å². The van der Waals surface area contributed by atoms with Crippen LogP contribution in [0.25, 0.3) is 0 Å². The van der Waals surface area contributed by atoms with Gasteiger partial charge in [0.15, 0.2) is 17.3 Å². The van der Waals surface area contributed by atoms with Crippen LogP contribution in [-0.4, -0.2) is 77.5 Å². The van der Waals surface area contributed by atoms with Gasteiger partial charge < -0.3 is 14.4 Å². The third-order valence-corrected chi connectivity index (χ3v) is 5.45. The molecule has 154 valence electrons. The lowest BCUT2D eigenvalue weighted by Gasteiger charge is -2.39. The minimum atomic E-state index is 0.231. The number of hydrogen-bond acceptors (Lipinski definition) is 7. The van der Waals surface area contributed by atoms with Crippen molar-refractivity contribution >= 4 is 0 Å². The molecule has 0 unspecified atom stereocenters. The average Bonchev–Trinajstić information content (AvgIpc) is 3.15. The number of rotatable bonds is 8. The van der Waals surface area contributed by atoms with Crippen LogP contribution >= 0.6 is 0 Å². The van der Waals surface area contributed by atoms with Gasteiger partial charge in [-0.05, 0) is 47.5 Å².